The molecule has 21 nitrogen and oxygen atoms in total. The first-order chi connectivity index (χ1) is 27.9. The molecule has 0 atom stereocenters. The minimum atomic E-state index is -4.99. The third-order valence-corrected chi connectivity index (χ3v) is 8.66. The fourth-order valence-electron chi connectivity index (χ4n) is 5.47. The Balaban J connectivity index is 0.000000462. The van der Waals surface area contributed by atoms with Crippen LogP contribution in [-0.4, -0.2) is 74.7 Å². The van der Waals surface area contributed by atoms with Crippen LogP contribution in [0.2, 0.25) is 0 Å². The van der Waals surface area contributed by atoms with Crippen molar-refractivity contribution in [1.29, 1.82) is 0 Å². The smallest absolute Gasteiger partial charge is 0.545 e. The summed E-state index contributed by atoms with van der Waals surface area (Å²) in [5.74, 6) is -8.72. The molecule has 0 saturated carbocycles. The average molecular weight is 955 g/mol. The van der Waals surface area contributed by atoms with Gasteiger partial charge in [0.25, 0.3) is 0 Å². The van der Waals surface area contributed by atoms with Crippen LogP contribution in [0.3, 0.4) is 0 Å². The fourth-order valence-corrected chi connectivity index (χ4v) is 6.31. The van der Waals surface area contributed by atoms with Gasteiger partial charge < -0.3 is 42.3 Å². The van der Waals surface area contributed by atoms with E-state index in [0.29, 0.717) is 16.2 Å². The third-order valence-electron chi connectivity index (χ3n) is 7.58. The fraction of sp³-hybridized carbons (Fsp3) is 0. The largest absolute Gasteiger partial charge is 1.00 e. The first kappa shape index (κ1) is 56.7. The summed E-state index contributed by atoms with van der Waals surface area (Å²) in [4.78, 5) is 68.2. The molecule has 0 aliphatic heterocycles. The van der Waals surface area contributed by atoms with Crippen molar-refractivity contribution in [1.82, 2.24) is 0 Å². The third kappa shape index (κ3) is 15.7. The quantitative estimate of drug-likeness (QED) is 0.0895. The van der Waals surface area contributed by atoms with Crippen LogP contribution in [0.5, 0.6) is 0 Å². The molecule has 63 heavy (non-hydrogen) atoms. The number of hydrogen-bond donors (Lipinski definition) is 3. The second-order valence-electron chi connectivity index (χ2n) is 11.4. The van der Waals surface area contributed by atoms with Crippen molar-refractivity contribution in [3.63, 3.8) is 0 Å². The first-order valence-corrected chi connectivity index (χ1v) is 19.8. The maximum Gasteiger partial charge on any atom is 1.00 e. The molecule has 0 radical (unpaired) electrons. The van der Waals surface area contributed by atoms with Crippen LogP contribution in [-0.2, 0) is 43.7 Å². The summed E-state index contributed by atoms with van der Waals surface area (Å²) in [5.41, 5.74) is -1.78. The molecule has 0 saturated heterocycles. The van der Waals surface area contributed by atoms with Gasteiger partial charge in [-0.05, 0) is 34.4 Å². The van der Waals surface area contributed by atoms with Crippen molar-refractivity contribution < 1.29 is 184 Å². The topological polar surface area (TPSA) is 362 Å². The minimum absolute atomic E-state index is 0. The van der Waals surface area contributed by atoms with Gasteiger partial charge in [-0.2, -0.15) is 25.3 Å². The van der Waals surface area contributed by atoms with Gasteiger partial charge in [0.15, 0.2) is 0 Å². The standard InChI is InChI=1S/3C12H8O7S.3Na/c3*13-11(14)8-5-1-3-7-4-2-6-9(10(7)8)12(15)19-20(16,17)18;;;/h3*1-6H,(H,13,14)(H,16,17,18);;;/q;;;3*+1/p-3. The van der Waals surface area contributed by atoms with Crippen LogP contribution in [0.4, 0.5) is 0 Å². The number of carbonyl (C=O) groups excluding carboxylic acids is 6. The number of fused-ring (bicyclic) bond motifs is 3. The van der Waals surface area contributed by atoms with Gasteiger partial charge in [0, 0.05) is 32.8 Å². The molecule has 312 valence electrons. The molecule has 0 spiro atoms. The molecule has 0 unspecified atom stereocenters. The Morgan fingerprint density at radius 1 is 0.349 bits per heavy atom. The zero-order valence-corrected chi connectivity index (χ0v) is 40.8. The van der Waals surface area contributed by atoms with E-state index in [2.05, 4.69) is 12.5 Å². The molecule has 0 aromatic heterocycles. The van der Waals surface area contributed by atoms with Crippen molar-refractivity contribution >= 4 is 99.3 Å². The maximum absolute atomic E-state index is 11.7. The molecule has 0 fully saturated rings. The first-order valence-electron chi connectivity index (χ1n) is 15.7. The second-order valence-corrected chi connectivity index (χ2v) is 14.5. The predicted molar refractivity (Wildman–Crippen MR) is 196 cm³/mol. The van der Waals surface area contributed by atoms with Gasteiger partial charge in [-0.3, -0.25) is 13.7 Å². The van der Waals surface area contributed by atoms with E-state index in [9.17, 15) is 69.3 Å². The monoisotopic (exact) mass is 954 g/mol. The second kappa shape index (κ2) is 23.5. The molecular formula is C36H21Na3O21S3. The van der Waals surface area contributed by atoms with Crippen LogP contribution >= 0.6 is 0 Å². The molecule has 27 heteroatoms. The summed E-state index contributed by atoms with van der Waals surface area (Å²) < 4.78 is 100. The summed E-state index contributed by atoms with van der Waals surface area (Å²) in [6.07, 6.45) is 0. The van der Waals surface area contributed by atoms with Crippen molar-refractivity contribution in [3.8, 4) is 0 Å². The van der Waals surface area contributed by atoms with Gasteiger partial charge >= 0.3 is 138 Å². The van der Waals surface area contributed by atoms with Gasteiger partial charge in [0.2, 0.25) is 0 Å². The van der Waals surface area contributed by atoms with Crippen LogP contribution in [0, 0.1) is 0 Å². The number of benzene rings is 6. The van der Waals surface area contributed by atoms with Gasteiger partial charge in [0.1, 0.15) is 0 Å². The van der Waals surface area contributed by atoms with E-state index in [4.69, 9.17) is 13.7 Å². The Labute approximate surface area is 421 Å². The van der Waals surface area contributed by atoms with Crippen LogP contribution in [0.15, 0.2) is 109 Å². The van der Waals surface area contributed by atoms with Crippen molar-refractivity contribution in [2.45, 2.75) is 0 Å². The van der Waals surface area contributed by atoms with Crippen LogP contribution in [0.25, 0.3) is 32.3 Å². The normalized spacial score (nSPS) is 10.7. The zero-order chi connectivity index (χ0) is 44.7. The maximum atomic E-state index is 11.7. The minimum Gasteiger partial charge on any atom is -0.545 e. The number of carboxylic acid groups (broad SMARTS) is 3. The Kier molecular flexibility index (Phi) is 21.2. The Morgan fingerprint density at radius 2 is 0.524 bits per heavy atom. The molecule has 6 rings (SSSR count). The van der Waals surface area contributed by atoms with E-state index in [1.54, 1.807) is 0 Å². The van der Waals surface area contributed by atoms with E-state index in [1.165, 1.54) is 109 Å². The van der Waals surface area contributed by atoms with Crippen molar-refractivity contribution in [3.05, 3.63) is 143 Å². The molecule has 0 aliphatic rings. The predicted octanol–water partition coefficient (Wildman–Crippen LogP) is -8.50. The summed E-state index contributed by atoms with van der Waals surface area (Å²) in [7, 11) is -15.0. The van der Waals surface area contributed by atoms with Gasteiger partial charge in [-0.15, -0.1) is 0 Å². The number of carbonyl (C=O) groups is 6. The van der Waals surface area contributed by atoms with Gasteiger partial charge in [-0.1, -0.05) is 91.0 Å². The van der Waals surface area contributed by atoms with Gasteiger partial charge in [-0.25, -0.2) is 14.4 Å². The van der Waals surface area contributed by atoms with Crippen LogP contribution < -0.4 is 104 Å². The molecule has 3 N–H and O–H groups in total. The SMILES string of the molecule is O=C([O-])c1cccc2cccc(C(=O)OS(=O)(=O)O)c12.O=C([O-])c1cccc2cccc(C(=O)OS(=O)(=O)O)c12.O=C([O-])c1cccc2cccc(C(=O)OS(=O)(=O)O)c12.[Na+].[Na+].[Na+]. The van der Waals surface area contributed by atoms with Crippen molar-refractivity contribution in [2.75, 3.05) is 0 Å². The number of hydrogen-bond acceptors (Lipinski definition) is 18. The van der Waals surface area contributed by atoms with E-state index >= 15 is 0 Å². The molecule has 0 bridgehead atoms. The Morgan fingerprint density at radius 3 is 0.683 bits per heavy atom. The molecule has 0 heterocycles. The molecular weight excluding hydrogens is 934 g/mol. The summed E-state index contributed by atoms with van der Waals surface area (Å²) in [5, 5.41) is 34.2. The van der Waals surface area contributed by atoms with Crippen molar-refractivity contribution in [2.24, 2.45) is 0 Å². The summed E-state index contributed by atoms with van der Waals surface area (Å²) in [6, 6.07) is 25.0. The van der Waals surface area contributed by atoms with Gasteiger partial charge in [0.05, 0.1) is 34.6 Å². The summed E-state index contributed by atoms with van der Waals surface area (Å²) in [6.45, 7) is 0. The molecule has 6 aromatic carbocycles. The Hall–Kier alpha value is -4.35. The van der Waals surface area contributed by atoms with E-state index in [-0.39, 0.29) is 138 Å². The number of carboxylic acids is 3. The Bertz CT molecular complexity index is 2760. The molecule has 6 aromatic rings. The summed E-state index contributed by atoms with van der Waals surface area (Å²) >= 11 is 0. The zero-order valence-electron chi connectivity index (χ0n) is 32.3. The van der Waals surface area contributed by atoms with E-state index in [0.717, 1.165) is 0 Å². The number of aromatic carboxylic acids is 3. The average Bonchev–Trinajstić information content (AvgIpc) is 3.14. The molecule has 0 aliphatic carbocycles. The number of rotatable bonds is 9. The molecule has 0 amide bonds. The van der Waals surface area contributed by atoms with E-state index in [1.807, 2.05) is 0 Å². The van der Waals surface area contributed by atoms with Crippen LogP contribution in [0.1, 0.15) is 62.1 Å². The van der Waals surface area contributed by atoms with E-state index < -0.39 is 67.0 Å².